The zero-order valence-corrected chi connectivity index (χ0v) is 15.9. The standard InChI is InChI=1S/C19H29NO4/c1-12-11-13(15(18(2,3)4)24-17(22)20-8)9-10-14(12)23-16(21)19(5,6)7/h9-11,15H,1-8H3,(H,20,22). The van der Waals surface area contributed by atoms with E-state index in [0.717, 1.165) is 11.1 Å². The molecule has 0 saturated heterocycles. The molecule has 1 unspecified atom stereocenters. The second-order valence-electron chi connectivity index (χ2n) is 8.07. The van der Waals surface area contributed by atoms with E-state index in [1.807, 2.05) is 60.6 Å². The highest BCUT2D eigenvalue weighted by Crippen LogP contribution is 2.37. The molecule has 1 aromatic carbocycles. The number of aryl methyl sites for hydroxylation is 1. The van der Waals surface area contributed by atoms with Crippen molar-refractivity contribution in [3.8, 4) is 5.75 Å². The molecule has 0 fully saturated rings. The number of amides is 1. The molecular formula is C19H29NO4. The van der Waals surface area contributed by atoms with E-state index in [9.17, 15) is 9.59 Å². The number of hydrogen-bond acceptors (Lipinski definition) is 4. The molecule has 134 valence electrons. The normalized spacial score (nSPS) is 13.2. The molecule has 0 aliphatic carbocycles. The van der Waals surface area contributed by atoms with Crippen molar-refractivity contribution < 1.29 is 19.1 Å². The molecule has 1 amide bonds. The Morgan fingerprint density at radius 3 is 2.08 bits per heavy atom. The quantitative estimate of drug-likeness (QED) is 0.657. The van der Waals surface area contributed by atoms with Gasteiger partial charge in [0, 0.05) is 12.5 Å². The smallest absolute Gasteiger partial charge is 0.407 e. The maximum atomic E-state index is 12.0. The van der Waals surface area contributed by atoms with E-state index >= 15 is 0 Å². The Hall–Kier alpha value is -2.04. The van der Waals surface area contributed by atoms with E-state index in [2.05, 4.69) is 5.32 Å². The first-order chi connectivity index (χ1) is 10.9. The molecule has 0 bridgehead atoms. The largest absolute Gasteiger partial charge is 0.441 e. The van der Waals surface area contributed by atoms with E-state index in [4.69, 9.17) is 9.47 Å². The van der Waals surface area contributed by atoms with Crippen LogP contribution in [0.2, 0.25) is 0 Å². The maximum absolute atomic E-state index is 12.0. The maximum Gasteiger partial charge on any atom is 0.407 e. The molecule has 0 spiro atoms. The van der Waals surface area contributed by atoms with Crippen molar-refractivity contribution >= 4 is 12.1 Å². The number of nitrogens with one attached hydrogen (secondary N) is 1. The minimum absolute atomic E-state index is 0.275. The zero-order valence-electron chi connectivity index (χ0n) is 15.9. The number of benzene rings is 1. The van der Waals surface area contributed by atoms with Gasteiger partial charge in [-0.1, -0.05) is 26.8 Å². The van der Waals surface area contributed by atoms with Crippen molar-refractivity contribution in [2.45, 2.75) is 54.6 Å². The fourth-order valence-electron chi connectivity index (χ4n) is 2.11. The Bertz CT molecular complexity index is 609. The van der Waals surface area contributed by atoms with Crippen LogP contribution in [0, 0.1) is 17.8 Å². The van der Waals surface area contributed by atoms with Gasteiger partial charge in [-0.2, -0.15) is 0 Å². The molecular weight excluding hydrogens is 306 g/mol. The van der Waals surface area contributed by atoms with Crippen molar-refractivity contribution in [3.05, 3.63) is 29.3 Å². The van der Waals surface area contributed by atoms with Gasteiger partial charge < -0.3 is 14.8 Å². The number of carbonyl (C=O) groups excluding carboxylic acids is 2. The van der Waals surface area contributed by atoms with E-state index < -0.39 is 17.6 Å². The Morgan fingerprint density at radius 1 is 1.08 bits per heavy atom. The Balaban J connectivity index is 3.11. The average Bonchev–Trinajstić information content (AvgIpc) is 2.44. The Morgan fingerprint density at radius 2 is 1.67 bits per heavy atom. The second-order valence-corrected chi connectivity index (χ2v) is 8.07. The number of hydrogen-bond donors (Lipinski definition) is 1. The third-order valence-electron chi connectivity index (χ3n) is 3.53. The van der Waals surface area contributed by atoms with E-state index in [1.54, 1.807) is 6.07 Å². The van der Waals surface area contributed by atoms with Crippen molar-refractivity contribution in [3.63, 3.8) is 0 Å². The molecule has 5 heteroatoms. The minimum Gasteiger partial charge on any atom is -0.441 e. The summed E-state index contributed by atoms with van der Waals surface area (Å²) in [6, 6.07) is 5.47. The fraction of sp³-hybridized carbons (Fsp3) is 0.579. The van der Waals surface area contributed by atoms with Crippen LogP contribution in [0.3, 0.4) is 0 Å². The predicted octanol–water partition coefficient (Wildman–Crippen LogP) is 4.39. The van der Waals surface area contributed by atoms with Crippen molar-refractivity contribution in [1.29, 1.82) is 0 Å². The van der Waals surface area contributed by atoms with Crippen molar-refractivity contribution in [1.82, 2.24) is 5.32 Å². The van der Waals surface area contributed by atoms with Crippen LogP contribution in [-0.2, 0) is 9.53 Å². The lowest BCUT2D eigenvalue weighted by Crippen LogP contribution is -2.29. The average molecular weight is 335 g/mol. The van der Waals surface area contributed by atoms with Crippen LogP contribution >= 0.6 is 0 Å². The summed E-state index contributed by atoms with van der Waals surface area (Å²) in [5.74, 6) is 0.235. The summed E-state index contributed by atoms with van der Waals surface area (Å²) in [7, 11) is 1.53. The highest BCUT2D eigenvalue weighted by Gasteiger charge is 2.31. The van der Waals surface area contributed by atoms with E-state index in [-0.39, 0.29) is 11.4 Å². The van der Waals surface area contributed by atoms with Gasteiger partial charge >= 0.3 is 12.1 Å². The van der Waals surface area contributed by atoms with Crippen LogP contribution in [0.25, 0.3) is 0 Å². The molecule has 1 atom stereocenters. The SMILES string of the molecule is CNC(=O)OC(c1ccc(OC(=O)C(C)(C)C)c(C)c1)C(C)(C)C. The van der Waals surface area contributed by atoms with Crippen LogP contribution in [0.1, 0.15) is 58.8 Å². The second kappa shape index (κ2) is 7.24. The predicted molar refractivity (Wildman–Crippen MR) is 94.0 cm³/mol. The molecule has 24 heavy (non-hydrogen) atoms. The lowest BCUT2D eigenvalue weighted by Gasteiger charge is -2.31. The minimum atomic E-state index is -0.568. The summed E-state index contributed by atoms with van der Waals surface area (Å²) in [5, 5.41) is 2.48. The van der Waals surface area contributed by atoms with Crippen LogP contribution in [0.15, 0.2) is 18.2 Å². The first-order valence-corrected chi connectivity index (χ1v) is 8.07. The highest BCUT2D eigenvalue weighted by atomic mass is 16.6. The molecule has 0 aliphatic rings. The van der Waals surface area contributed by atoms with Gasteiger partial charge in [0.1, 0.15) is 11.9 Å². The van der Waals surface area contributed by atoms with E-state index in [0.29, 0.717) is 5.75 Å². The summed E-state index contributed by atoms with van der Waals surface area (Å²) in [4.78, 5) is 23.7. The molecule has 1 rings (SSSR count). The molecule has 1 aromatic rings. The van der Waals surface area contributed by atoms with Gasteiger partial charge in [0.25, 0.3) is 0 Å². The number of esters is 1. The van der Waals surface area contributed by atoms with Crippen LogP contribution in [-0.4, -0.2) is 19.1 Å². The molecule has 0 heterocycles. The molecule has 0 radical (unpaired) electrons. The summed E-state index contributed by atoms with van der Waals surface area (Å²) >= 11 is 0. The lowest BCUT2D eigenvalue weighted by atomic mass is 9.84. The summed E-state index contributed by atoms with van der Waals surface area (Å²) in [6.07, 6.45) is -0.890. The van der Waals surface area contributed by atoms with Crippen LogP contribution in [0.5, 0.6) is 5.75 Å². The van der Waals surface area contributed by atoms with Gasteiger partial charge in [-0.15, -0.1) is 0 Å². The van der Waals surface area contributed by atoms with Crippen molar-refractivity contribution in [2.75, 3.05) is 7.05 Å². The first-order valence-electron chi connectivity index (χ1n) is 8.07. The van der Waals surface area contributed by atoms with Gasteiger partial charge in [0.05, 0.1) is 5.41 Å². The number of carbonyl (C=O) groups is 2. The van der Waals surface area contributed by atoms with Gasteiger partial charge in [-0.05, 0) is 51.0 Å². The lowest BCUT2D eigenvalue weighted by molar-refractivity contribution is -0.143. The fourth-order valence-corrected chi connectivity index (χ4v) is 2.11. The molecule has 0 saturated carbocycles. The van der Waals surface area contributed by atoms with Crippen LogP contribution < -0.4 is 10.1 Å². The van der Waals surface area contributed by atoms with Gasteiger partial charge in [0.2, 0.25) is 0 Å². The van der Waals surface area contributed by atoms with Gasteiger partial charge in [-0.3, -0.25) is 4.79 Å². The third-order valence-corrected chi connectivity index (χ3v) is 3.53. The molecule has 5 nitrogen and oxygen atoms in total. The Kier molecular flexibility index (Phi) is 6.04. The first kappa shape index (κ1) is 20.0. The third kappa shape index (κ3) is 5.25. The number of ether oxygens (including phenoxy) is 2. The van der Waals surface area contributed by atoms with Gasteiger partial charge in [0.15, 0.2) is 0 Å². The topological polar surface area (TPSA) is 64.6 Å². The molecule has 0 aliphatic heterocycles. The van der Waals surface area contributed by atoms with Crippen molar-refractivity contribution in [2.24, 2.45) is 10.8 Å². The molecule has 0 aromatic heterocycles. The summed E-state index contributed by atoms with van der Waals surface area (Å²) in [5.41, 5.74) is 0.836. The summed E-state index contributed by atoms with van der Waals surface area (Å²) in [6.45, 7) is 13.3. The highest BCUT2D eigenvalue weighted by molar-refractivity contribution is 5.78. The van der Waals surface area contributed by atoms with Gasteiger partial charge in [-0.25, -0.2) is 4.79 Å². The number of alkyl carbamates (subject to hydrolysis) is 1. The molecule has 1 N–H and O–H groups in total. The zero-order chi connectivity index (χ0) is 18.7. The van der Waals surface area contributed by atoms with Crippen LogP contribution in [0.4, 0.5) is 4.79 Å². The Labute approximate surface area is 144 Å². The number of rotatable bonds is 3. The van der Waals surface area contributed by atoms with E-state index in [1.165, 1.54) is 7.05 Å². The summed E-state index contributed by atoms with van der Waals surface area (Å²) < 4.78 is 11.0. The monoisotopic (exact) mass is 335 g/mol.